The average molecular weight is 382 g/mol. The molecule has 3 aromatic rings. The molecule has 0 bridgehead atoms. The first-order valence-electron chi connectivity index (χ1n) is 9.56. The lowest BCUT2D eigenvalue weighted by Crippen LogP contribution is -2.34. The number of ether oxygens (including phenoxy) is 1. The van der Waals surface area contributed by atoms with Gasteiger partial charge in [-0.1, -0.05) is 60.7 Å². The molecule has 1 aliphatic heterocycles. The molecule has 2 aromatic carbocycles. The molecular formula is C24H22N4O. The molecule has 0 saturated heterocycles. The van der Waals surface area contributed by atoms with E-state index in [0.29, 0.717) is 23.7 Å². The number of hydrogen-bond donors (Lipinski definition) is 2. The van der Waals surface area contributed by atoms with E-state index in [1.54, 1.807) is 0 Å². The monoisotopic (exact) mass is 382 g/mol. The number of aromatic nitrogens is 1. The van der Waals surface area contributed by atoms with Crippen LogP contribution in [0.3, 0.4) is 0 Å². The summed E-state index contributed by atoms with van der Waals surface area (Å²) in [6.07, 6.45) is 2.15. The first kappa shape index (κ1) is 18.6. The maximum atomic E-state index is 9.92. The molecule has 0 radical (unpaired) electrons. The summed E-state index contributed by atoms with van der Waals surface area (Å²) < 4.78 is 5.62. The van der Waals surface area contributed by atoms with E-state index < -0.39 is 5.54 Å². The topological polar surface area (TPSA) is 84.0 Å². The number of nitriles is 1. The highest BCUT2D eigenvalue weighted by molar-refractivity contribution is 5.96. The fraction of sp³-hybridized carbons (Fsp3) is 0.167. The summed E-state index contributed by atoms with van der Waals surface area (Å²) in [6.45, 7) is 4.35. The summed E-state index contributed by atoms with van der Waals surface area (Å²) >= 11 is 0. The third-order valence-electron chi connectivity index (χ3n) is 5.13. The van der Waals surface area contributed by atoms with Crippen LogP contribution in [0.15, 0.2) is 66.7 Å². The van der Waals surface area contributed by atoms with Crippen LogP contribution in [0.5, 0.6) is 5.88 Å². The van der Waals surface area contributed by atoms with Gasteiger partial charge in [-0.2, -0.15) is 10.2 Å². The summed E-state index contributed by atoms with van der Waals surface area (Å²) in [4.78, 5) is 4.40. The van der Waals surface area contributed by atoms with Crippen LogP contribution >= 0.6 is 0 Å². The van der Waals surface area contributed by atoms with Gasteiger partial charge < -0.3 is 15.8 Å². The Balaban J connectivity index is 2.03. The average Bonchev–Trinajstić information content (AvgIpc) is 2.75. The minimum atomic E-state index is -0.539. The van der Waals surface area contributed by atoms with Crippen LogP contribution in [0.4, 0.5) is 11.5 Å². The summed E-state index contributed by atoms with van der Waals surface area (Å²) in [5, 5.41) is 13.5. The predicted octanol–water partition coefficient (Wildman–Crippen LogP) is 4.71. The number of benzene rings is 2. The van der Waals surface area contributed by atoms with Gasteiger partial charge in [0.15, 0.2) is 0 Å². The van der Waals surface area contributed by atoms with Crippen molar-refractivity contribution in [3.63, 3.8) is 0 Å². The first-order valence-corrected chi connectivity index (χ1v) is 9.56. The standard InChI is InChI=1S/C24H22N4O/c1-3-29-23-19(15-25)21-20(22(26)27-23)18(16-10-6-4-7-11-16)14-24(2,28-21)17-12-8-5-9-13-17/h4-14,28H,3H2,1-2H3,(H2,26,27). The van der Waals surface area contributed by atoms with Crippen LogP contribution in [0.1, 0.15) is 36.1 Å². The molecule has 0 aliphatic carbocycles. The molecule has 0 saturated carbocycles. The number of nitrogens with zero attached hydrogens (tertiary/aromatic N) is 2. The molecule has 4 rings (SSSR count). The number of hydrogen-bond acceptors (Lipinski definition) is 5. The maximum Gasteiger partial charge on any atom is 0.235 e. The summed E-state index contributed by atoms with van der Waals surface area (Å²) in [5.41, 5.74) is 10.6. The molecule has 2 heterocycles. The Morgan fingerprint density at radius 1 is 1.10 bits per heavy atom. The smallest absolute Gasteiger partial charge is 0.235 e. The largest absolute Gasteiger partial charge is 0.477 e. The zero-order chi connectivity index (χ0) is 20.4. The minimum Gasteiger partial charge on any atom is -0.477 e. The van der Waals surface area contributed by atoms with Gasteiger partial charge in [0.05, 0.1) is 17.8 Å². The maximum absolute atomic E-state index is 9.92. The molecule has 0 fully saturated rings. The molecule has 1 aliphatic rings. The van der Waals surface area contributed by atoms with E-state index in [1.807, 2.05) is 55.5 Å². The van der Waals surface area contributed by atoms with Gasteiger partial charge in [0.1, 0.15) is 17.5 Å². The zero-order valence-electron chi connectivity index (χ0n) is 16.4. The van der Waals surface area contributed by atoms with E-state index in [1.165, 1.54) is 0 Å². The number of nitrogens with two attached hydrogens (primary N) is 1. The van der Waals surface area contributed by atoms with Gasteiger partial charge >= 0.3 is 0 Å². The summed E-state index contributed by atoms with van der Waals surface area (Å²) in [5.74, 6) is 0.587. The molecule has 0 spiro atoms. The lowest BCUT2D eigenvalue weighted by molar-refractivity contribution is 0.326. The molecule has 5 heteroatoms. The third-order valence-corrected chi connectivity index (χ3v) is 5.13. The minimum absolute atomic E-state index is 0.253. The zero-order valence-corrected chi connectivity index (χ0v) is 16.4. The third kappa shape index (κ3) is 3.19. The van der Waals surface area contributed by atoms with Gasteiger partial charge in [-0.25, -0.2) is 0 Å². The summed E-state index contributed by atoms with van der Waals surface area (Å²) in [6, 6.07) is 22.4. The number of rotatable bonds is 4. The normalized spacial score (nSPS) is 17.5. The van der Waals surface area contributed by atoms with Gasteiger partial charge in [-0.15, -0.1) is 0 Å². The molecule has 1 unspecified atom stereocenters. The molecule has 0 amide bonds. The summed E-state index contributed by atoms with van der Waals surface area (Å²) in [7, 11) is 0. The van der Waals surface area contributed by atoms with Gasteiger partial charge in [0.25, 0.3) is 0 Å². The lowest BCUT2D eigenvalue weighted by Gasteiger charge is -2.37. The number of nitrogens with one attached hydrogen (secondary N) is 1. The van der Waals surface area contributed by atoms with Crippen molar-refractivity contribution in [3.8, 4) is 11.9 Å². The van der Waals surface area contributed by atoms with Crippen molar-refractivity contribution in [2.45, 2.75) is 19.4 Å². The van der Waals surface area contributed by atoms with Crippen molar-refractivity contribution in [1.29, 1.82) is 5.26 Å². The van der Waals surface area contributed by atoms with Crippen LogP contribution in [-0.4, -0.2) is 11.6 Å². The van der Waals surface area contributed by atoms with Crippen molar-refractivity contribution in [2.75, 3.05) is 17.7 Å². The van der Waals surface area contributed by atoms with Crippen LogP contribution in [0.25, 0.3) is 5.57 Å². The SMILES string of the molecule is CCOc1nc(N)c2c(c1C#N)NC(C)(c1ccccc1)C=C2c1ccccc1. The van der Waals surface area contributed by atoms with Crippen molar-refractivity contribution in [3.05, 3.63) is 89.0 Å². The van der Waals surface area contributed by atoms with Gasteiger partial charge in [-0.3, -0.25) is 0 Å². The molecule has 1 atom stereocenters. The molecule has 1 aromatic heterocycles. The molecule has 29 heavy (non-hydrogen) atoms. The highest BCUT2D eigenvalue weighted by atomic mass is 16.5. The fourth-order valence-corrected chi connectivity index (χ4v) is 3.77. The Kier molecular flexibility index (Phi) is 4.69. The van der Waals surface area contributed by atoms with Crippen molar-refractivity contribution < 1.29 is 4.74 Å². The second kappa shape index (κ2) is 7.33. The number of nitrogen functional groups attached to an aromatic ring is 1. The van der Waals surface area contributed by atoms with E-state index >= 15 is 0 Å². The molecule has 3 N–H and O–H groups in total. The second-order valence-corrected chi connectivity index (χ2v) is 7.09. The Bertz CT molecular complexity index is 1120. The number of pyridine rings is 1. The van der Waals surface area contributed by atoms with Crippen LogP contribution in [0.2, 0.25) is 0 Å². The van der Waals surface area contributed by atoms with Gasteiger partial charge in [0, 0.05) is 5.56 Å². The van der Waals surface area contributed by atoms with Crippen LogP contribution < -0.4 is 15.8 Å². The lowest BCUT2D eigenvalue weighted by atomic mass is 9.81. The number of anilines is 2. The Morgan fingerprint density at radius 2 is 1.76 bits per heavy atom. The van der Waals surface area contributed by atoms with Crippen molar-refractivity contribution in [1.82, 2.24) is 4.98 Å². The quantitative estimate of drug-likeness (QED) is 0.683. The predicted molar refractivity (Wildman–Crippen MR) is 115 cm³/mol. The molecule has 144 valence electrons. The first-order chi connectivity index (χ1) is 14.1. The second-order valence-electron chi connectivity index (χ2n) is 7.09. The van der Waals surface area contributed by atoms with E-state index in [9.17, 15) is 5.26 Å². The van der Waals surface area contributed by atoms with Crippen LogP contribution in [0, 0.1) is 11.3 Å². The molecule has 5 nitrogen and oxygen atoms in total. The Morgan fingerprint density at radius 3 is 2.38 bits per heavy atom. The fourth-order valence-electron chi connectivity index (χ4n) is 3.77. The highest BCUT2D eigenvalue weighted by Crippen LogP contribution is 2.46. The Hall–Kier alpha value is -3.78. The van der Waals surface area contributed by atoms with Crippen molar-refractivity contribution in [2.24, 2.45) is 0 Å². The van der Waals surface area contributed by atoms with Gasteiger partial charge in [-0.05, 0) is 36.6 Å². The number of fused-ring (bicyclic) bond motifs is 1. The molecular weight excluding hydrogens is 360 g/mol. The Labute approximate surface area is 170 Å². The van der Waals surface area contributed by atoms with E-state index in [2.05, 4.69) is 41.5 Å². The van der Waals surface area contributed by atoms with Crippen LogP contribution in [-0.2, 0) is 5.54 Å². The van der Waals surface area contributed by atoms with E-state index in [0.717, 1.165) is 22.3 Å². The van der Waals surface area contributed by atoms with Gasteiger partial charge in [0.2, 0.25) is 5.88 Å². The van der Waals surface area contributed by atoms with Crippen molar-refractivity contribution >= 4 is 17.1 Å². The van der Waals surface area contributed by atoms with E-state index in [4.69, 9.17) is 10.5 Å². The highest BCUT2D eigenvalue weighted by Gasteiger charge is 2.35. The van der Waals surface area contributed by atoms with E-state index in [-0.39, 0.29) is 5.88 Å².